The van der Waals surface area contributed by atoms with Gasteiger partial charge in [0, 0.05) is 0 Å². The van der Waals surface area contributed by atoms with Gasteiger partial charge in [-0.25, -0.2) is 0 Å². The number of hydrogen-bond donors (Lipinski definition) is 1. The molecule has 0 heterocycles. The first-order valence-corrected chi connectivity index (χ1v) is 5.30. The molecule has 0 radical (unpaired) electrons. The molecular formula is C14H14N2. The van der Waals surface area contributed by atoms with Gasteiger partial charge in [-0.15, -0.1) is 0 Å². The molecule has 1 N–H and O–H groups in total. The zero-order valence-corrected chi connectivity index (χ0v) is 9.01. The van der Waals surface area contributed by atoms with E-state index in [-0.39, 0.29) is 0 Å². The molecule has 0 saturated heterocycles. The minimum Gasteiger partial charge on any atom is -0.306 e. The Hall–Kier alpha value is -2.09. The smallest absolute Gasteiger partial charge is 0.0580 e. The van der Waals surface area contributed by atoms with Crippen molar-refractivity contribution in [1.29, 1.82) is 0 Å². The Morgan fingerprint density at radius 2 is 1.50 bits per heavy atom. The van der Waals surface area contributed by atoms with Crippen molar-refractivity contribution in [2.24, 2.45) is 5.10 Å². The van der Waals surface area contributed by atoms with Crippen LogP contribution in [0.15, 0.2) is 65.8 Å². The molecule has 0 unspecified atom stereocenters. The van der Waals surface area contributed by atoms with Crippen LogP contribution in [0.25, 0.3) is 0 Å². The minimum absolute atomic E-state index is 0.754. The maximum Gasteiger partial charge on any atom is 0.0580 e. The topological polar surface area (TPSA) is 24.4 Å². The third kappa shape index (κ3) is 3.24. The summed E-state index contributed by atoms with van der Waals surface area (Å²) in [5.41, 5.74) is 5.35. The number of rotatable bonds is 4. The highest BCUT2D eigenvalue weighted by Crippen LogP contribution is 1.97. The molecule has 0 fully saturated rings. The Morgan fingerprint density at radius 3 is 2.19 bits per heavy atom. The van der Waals surface area contributed by atoms with E-state index in [9.17, 15) is 0 Å². The van der Waals surface area contributed by atoms with E-state index in [1.165, 1.54) is 5.56 Å². The second-order valence-electron chi connectivity index (χ2n) is 3.49. The van der Waals surface area contributed by atoms with Gasteiger partial charge in [0.25, 0.3) is 0 Å². The second-order valence-corrected chi connectivity index (χ2v) is 3.49. The van der Waals surface area contributed by atoms with Crippen LogP contribution in [0, 0.1) is 0 Å². The highest BCUT2D eigenvalue weighted by molar-refractivity contribution is 5.79. The average molecular weight is 210 g/mol. The molecule has 0 bridgehead atoms. The van der Waals surface area contributed by atoms with Crippen LogP contribution < -0.4 is 5.43 Å². The molecule has 16 heavy (non-hydrogen) atoms. The number of nitrogens with zero attached hydrogens (tertiary/aromatic N) is 1. The number of hydrogen-bond acceptors (Lipinski definition) is 2. The van der Waals surface area contributed by atoms with Gasteiger partial charge in [-0.2, -0.15) is 5.10 Å². The normalized spacial score (nSPS) is 10.5. The Bertz CT molecular complexity index is 435. The van der Waals surface area contributed by atoms with Gasteiger partial charge in [0.15, 0.2) is 0 Å². The zero-order valence-electron chi connectivity index (χ0n) is 9.01. The molecule has 2 aromatic rings. The van der Waals surface area contributed by atoms with E-state index in [0.29, 0.717) is 0 Å². The fourth-order valence-electron chi connectivity index (χ4n) is 1.39. The van der Waals surface area contributed by atoms with Gasteiger partial charge in [-0.1, -0.05) is 60.7 Å². The third-order valence-corrected chi connectivity index (χ3v) is 2.23. The third-order valence-electron chi connectivity index (χ3n) is 2.23. The monoisotopic (exact) mass is 210 g/mol. The summed E-state index contributed by atoms with van der Waals surface area (Å²) in [6.45, 7) is 0.754. The van der Waals surface area contributed by atoms with Crippen LogP contribution in [0.2, 0.25) is 0 Å². The van der Waals surface area contributed by atoms with E-state index in [4.69, 9.17) is 0 Å². The summed E-state index contributed by atoms with van der Waals surface area (Å²) in [7, 11) is 0. The van der Waals surface area contributed by atoms with Gasteiger partial charge >= 0.3 is 0 Å². The predicted octanol–water partition coefficient (Wildman–Crippen LogP) is 2.81. The van der Waals surface area contributed by atoms with E-state index in [1.54, 1.807) is 0 Å². The summed E-state index contributed by atoms with van der Waals surface area (Å²) in [5, 5.41) is 4.16. The minimum atomic E-state index is 0.754. The lowest BCUT2D eigenvalue weighted by Gasteiger charge is -1.99. The molecule has 0 amide bonds. The molecule has 80 valence electrons. The van der Waals surface area contributed by atoms with Gasteiger partial charge in [-0.3, -0.25) is 0 Å². The molecule has 2 nitrogen and oxygen atoms in total. The highest BCUT2D eigenvalue weighted by Gasteiger charge is 1.87. The molecule has 0 spiro atoms. The lowest BCUT2D eigenvalue weighted by molar-refractivity contribution is 0.748. The first-order chi connectivity index (χ1) is 7.95. The van der Waals surface area contributed by atoms with Crippen molar-refractivity contribution in [2.75, 3.05) is 0 Å². The fraction of sp³-hybridized carbons (Fsp3) is 0.0714. The van der Waals surface area contributed by atoms with Gasteiger partial charge in [0.2, 0.25) is 0 Å². The van der Waals surface area contributed by atoms with Crippen LogP contribution >= 0.6 is 0 Å². The van der Waals surface area contributed by atoms with E-state index < -0.39 is 0 Å². The summed E-state index contributed by atoms with van der Waals surface area (Å²) in [6, 6.07) is 20.2. The van der Waals surface area contributed by atoms with Crippen LogP contribution in [-0.2, 0) is 6.54 Å². The molecule has 2 rings (SSSR count). The first-order valence-electron chi connectivity index (χ1n) is 5.30. The first kappa shape index (κ1) is 10.4. The molecule has 2 aromatic carbocycles. The summed E-state index contributed by atoms with van der Waals surface area (Å²) < 4.78 is 0. The summed E-state index contributed by atoms with van der Waals surface area (Å²) in [5.74, 6) is 0. The van der Waals surface area contributed by atoms with Crippen molar-refractivity contribution < 1.29 is 0 Å². The summed E-state index contributed by atoms with van der Waals surface area (Å²) in [4.78, 5) is 0. The van der Waals surface area contributed by atoms with Gasteiger partial charge < -0.3 is 5.43 Å². The Balaban J connectivity index is 1.83. The lowest BCUT2D eigenvalue weighted by atomic mass is 10.2. The zero-order chi connectivity index (χ0) is 11.1. The van der Waals surface area contributed by atoms with Crippen molar-refractivity contribution in [3.63, 3.8) is 0 Å². The van der Waals surface area contributed by atoms with Gasteiger partial charge in [0.05, 0.1) is 12.8 Å². The Labute approximate surface area is 95.6 Å². The maximum absolute atomic E-state index is 4.16. The second kappa shape index (κ2) is 5.71. The molecule has 0 aliphatic carbocycles. The molecule has 0 aromatic heterocycles. The fourth-order valence-corrected chi connectivity index (χ4v) is 1.39. The molecule has 0 aliphatic rings. The number of nitrogens with one attached hydrogen (secondary N) is 1. The average Bonchev–Trinajstić information content (AvgIpc) is 2.37. The van der Waals surface area contributed by atoms with Gasteiger partial charge in [0.1, 0.15) is 0 Å². The van der Waals surface area contributed by atoms with Crippen LogP contribution in [0.5, 0.6) is 0 Å². The Morgan fingerprint density at radius 1 is 0.875 bits per heavy atom. The van der Waals surface area contributed by atoms with Crippen LogP contribution in [-0.4, -0.2) is 6.21 Å². The number of benzene rings is 2. The standard InChI is InChI=1S/C14H14N2/c1-3-7-13(8-4-1)11-15-16-12-14-9-5-2-6-10-14/h1-11,16H,12H2/b15-11+. The highest BCUT2D eigenvalue weighted by atomic mass is 15.3. The molecule has 0 atom stereocenters. The molecule has 0 saturated carbocycles. The van der Waals surface area contributed by atoms with E-state index in [0.717, 1.165) is 12.1 Å². The van der Waals surface area contributed by atoms with E-state index in [1.807, 2.05) is 54.7 Å². The van der Waals surface area contributed by atoms with E-state index >= 15 is 0 Å². The van der Waals surface area contributed by atoms with E-state index in [2.05, 4.69) is 22.7 Å². The molecular weight excluding hydrogens is 196 g/mol. The summed E-state index contributed by atoms with van der Waals surface area (Å²) in [6.07, 6.45) is 1.82. The Kier molecular flexibility index (Phi) is 3.72. The van der Waals surface area contributed by atoms with Crippen molar-refractivity contribution in [2.45, 2.75) is 6.54 Å². The van der Waals surface area contributed by atoms with Crippen LogP contribution in [0.3, 0.4) is 0 Å². The molecule has 0 aliphatic heterocycles. The van der Waals surface area contributed by atoms with Crippen molar-refractivity contribution in [1.82, 2.24) is 5.43 Å². The quantitative estimate of drug-likeness (QED) is 0.609. The summed E-state index contributed by atoms with van der Waals surface area (Å²) >= 11 is 0. The molecule has 2 heteroatoms. The van der Waals surface area contributed by atoms with Crippen LogP contribution in [0.4, 0.5) is 0 Å². The van der Waals surface area contributed by atoms with Crippen molar-refractivity contribution in [3.05, 3.63) is 71.8 Å². The van der Waals surface area contributed by atoms with Gasteiger partial charge in [-0.05, 0) is 11.1 Å². The predicted molar refractivity (Wildman–Crippen MR) is 67.3 cm³/mol. The van der Waals surface area contributed by atoms with Crippen molar-refractivity contribution >= 4 is 6.21 Å². The largest absolute Gasteiger partial charge is 0.306 e. The SMILES string of the molecule is C(=N\NCc1ccccc1)/c1ccccc1. The number of hydrazone groups is 1. The van der Waals surface area contributed by atoms with Crippen molar-refractivity contribution in [3.8, 4) is 0 Å². The lowest BCUT2D eigenvalue weighted by Crippen LogP contribution is -2.05. The van der Waals surface area contributed by atoms with Crippen LogP contribution in [0.1, 0.15) is 11.1 Å². The maximum atomic E-state index is 4.16.